The fourth-order valence-electron chi connectivity index (χ4n) is 1.71. The van der Waals surface area contributed by atoms with Crippen molar-refractivity contribution < 1.29 is 17.9 Å². The number of amides is 1. The summed E-state index contributed by atoms with van der Waals surface area (Å²) < 4.78 is 31.7. The minimum Gasteiger partial charge on any atom is -0.484 e. The monoisotopic (exact) mass is 398 g/mol. The van der Waals surface area contributed by atoms with Crippen molar-refractivity contribution in [3.8, 4) is 5.75 Å². The van der Waals surface area contributed by atoms with Crippen molar-refractivity contribution in [2.75, 3.05) is 19.0 Å². The van der Waals surface area contributed by atoms with E-state index in [1.807, 2.05) is 12.1 Å². The number of rotatable bonds is 6. The molecule has 2 aromatic carbocycles. The second-order valence-electron chi connectivity index (χ2n) is 4.52. The van der Waals surface area contributed by atoms with Gasteiger partial charge in [-0.2, -0.15) is 0 Å². The van der Waals surface area contributed by atoms with Crippen molar-refractivity contribution in [2.24, 2.45) is 0 Å². The average molecular weight is 399 g/mol. The standard InChI is InChI=1S/C15H15BrN2O4S/c1-17-23(20,21)14-8-4-12(5-9-14)18-15(19)10-22-13-6-2-11(16)3-7-13/h2-9,17H,10H2,1H3,(H,18,19). The quantitative estimate of drug-likeness (QED) is 0.781. The largest absolute Gasteiger partial charge is 0.484 e. The van der Waals surface area contributed by atoms with Gasteiger partial charge in [0.1, 0.15) is 5.75 Å². The molecule has 2 N–H and O–H groups in total. The Morgan fingerprint density at radius 3 is 2.26 bits per heavy atom. The molecule has 0 fully saturated rings. The van der Waals surface area contributed by atoms with E-state index in [0.29, 0.717) is 11.4 Å². The van der Waals surface area contributed by atoms with E-state index in [1.54, 1.807) is 12.1 Å². The van der Waals surface area contributed by atoms with Crippen LogP contribution in [0, 0.1) is 0 Å². The van der Waals surface area contributed by atoms with Crippen LogP contribution in [-0.2, 0) is 14.8 Å². The number of sulfonamides is 1. The minimum absolute atomic E-state index is 0.129. The highest BCUT2D eigenvalue weighted by Gasteiger charge is 2.11. The third kappa shape index (κ3) is 5.05. The number of carbonyl (C=O) groups excluding carboxylic acids is 1. The number of carbonyl (C=O) groups is 1. The van der Waals surface area contributed by atoms with Gasteiger partial charge in [-0.05, 0) is 55.6 Å². The van der Waals surface area contributed by atoms with Crippen LogP contribution in [0.3, 0.4) is 0 Å². The van der Waals surface area contributed by atoms with Crippen LogP contribution in [0.15, 0.2) is 57.9 Å². The summed E-state index contributed by atoms with van der Waals surface area (Å²) in [4.78, 5) is 11.9. The zero-order valence-corrected chi connectivity index (χ0v) is 14.6. The van der Waals surface area contributed by atoms with E-state index in [4.69, 9.17) is 4.74 Å². The van der Waals surface area contributed by atoms with Crippen molar-refractivity contribution >= 4 is 37.5 Å². The van der Waals surface area contributed by atoms with E-state index < -0.39 is 10.0 Å². The molecule has 0 spiro atoms. The van der Waals surface area contributed by atoms with E-state index in [9.17, 15) is 13.2 Å². The van der Waals surface area contributed by atoms with Gasteiger partial charge in [0.05, 0.1) is 4.90 Å². The number of hydrogen-bond acceptors (Lipinski definition) is 4. The first-order valence-corrected chi connectivity index (χ1v) is 8.90. The van der Waals surface area contributed by atoms with Gasteiger partial charge in [0, 0.05) is 10.2 Å². The molecule has 23 heavy (non-hydrogen) atoms. The Hall–Kier alpha value is -1.90. The molecule has 0 aromatic heterocycles. The third-order valence-corrected chi connectivity index (χ3v) is 4.86. The topological polar surface area (TPSA) is 84.5 Å². The Kier molecular flexibility index (Phi) is 5.75. The fraction of sp³-hybridized carbons (Fsp3) is 0.133. The van der Waals surface area contributed by atoms with Crippen LogP contribution < -0.4 is 14.8 Å². The number of anilines is 1. The van der Waals surface area contributed by atoms with Gasteiger partial charge in [-0.3, -0.25) is 4.79 Å². The van der Waals surface area contributed by atoms with Gasteiger partial charge >= 0.3 is 0 Å². The minimum atomic E-state index is -3.48. The number of halogens is 1. The van der Waals surface area contributed by atoms with Gasteiger partial charge in [-0.15, -0.1) is 0 Å². The summed E-state index contributed by atoms with van der Waals surface area (Å²) in [6.07, 6.45) is 0. The SMILES string of the molecule is CNS(=O)(=O)c1ccc(NC(=O)COc2ccc(Br)cc2)cc1. The first kappa shape index (κ1) is 17.5. The van der Waals surface area contributed by atoms with Crippen LogP contribution in [0.2, 0.25) is 0 Å². The van der Waals surface area contributed by atoms with Gasteiger partial charge < -0.3 is 10.1 Å². The summed E-state index contributed by atoms with van der Waals surface area (Å²) >= 11 is 3.31. The second-order valence-corrected chi connectivity index (χ2v) is 7.32. The maximum Gasteiger partial charge on any atom is 0.262 e. The Balaban J connectivity index is 1.91. The first-order valence-electron chi connectivity index (χ1n) is 6.62. The molecule has 2 aromatic rings. The molecular weight excluding hydrogens is 384 g/mol. The number of hydrogen-bond donors (Lipinski definition) is 2. The highest BCUT2D eigenvalue weighted by atomic mass is 79.9. The molecule has 6 nitrogen and oxygen atoms in total. The third-order valence-electron chi connectivity index (χ3n) is 2.90. The van der Waals surface area contributed by atoms with E-state index in [1.165, 1.54) is 31.3 Å². The second kappa shape index (κ2) is 7.58. The zero-order valence-electron chi connectivity index (χ0n) is 12.2. The van der Waals surface area contributed by atoms with E-state index >= 15 is 0 Å². The van der Waals surface area contributed by atoms with Crippen LogP contribution >= 0.6 is 15.9 Å². The summed E-state index contributed by atoms with van der Waals surface area (Å²) in [6, 6.07) is 13.0. The summed E-state index contributed by atoms with van der Waals surface area (Å²) in [6.45, 7) is -0.141. The molecule has 0 aliphatic rings. The Morgan fingerprint density at radius 1 is 1.09 bits per heavy atom. The van der Waals surface area contributed by atoms with Gasteiger partial charge in [0.25, 0.3) is 5.91 Å². The molecule has 0 bridgehead atoms. The van der Waals surface area contributed by atoms with E-state index in [0.717, 1.165) is 4.47 Å². The zero-order chi connectivity index (χ0) is 16.9. The van der Waals surface area contributed by atoms with Gasteiger partial charge in [0.15, 0.2) is 6.61 Å². The van der Waals surface area contributed by atoms with Crippen molar-refractivity contribution in [1.29, 1.82) is 0 Å². The highest BCUT2D eigenvalue weighted by Crippen LogP contribution is 2.16. The Morgan fingerprint density at radius 2 is 1.70 bits per heavy atom. The maximum absolute atomic E-state index is 11.8. The molecule has 0 heterocycles. The predicted molar refractivity (Wildman–Crippen MR) is 91.0 cm³/mol. The maximum atomic E-state index is 11.8. The molecule has 0 radical (unpaired) electrons. The molecular formula is C15H15BrN2O4S. The summed E-state index contributed by atoms with van der Waals surface area (Å²) in [7, 11) is -2.15. The molecule has 0 saturated carbocycles. The lowest BCUT2D eigenvalue weighted by molar-refractivity contribution is -0.118. The molecule has 1 amide bonds. The first-order chi connectivity index (χ1) is 10.9. The normalized spacial score (nSPS) is 11.0. The van der Waals surface area contributed by atoms with Crippen LogP contribution in [0.4, 0.5) is 5.69 Å². The van der Waals surface area contributed by atoms with Gasteiger partial charge in [0.2, 0.25) is 10.0 Å². The average Bonchev–Trinajstić information content (AvgIpc) is 2.55. The van der Waals surface area contributed by atoms with Gasteiger partial charge in [-0.1, -0.05) is 15.9 Å². The lowest BCUT2D eigenvalue weighted by atomic mass is 10.3. The molecule has 122 valence electrons. The van der Waals surface area contributed by atoms with Crippen molar-refractivity contribution in [2.45, 2.75) is 4.90 Å². The van der Waals surface area contributed by atoms with Gasteiger partial charge in [-0.25, -0.2) is 13.1 Å². The predicted octanol–water partition coefficient (Wildman–Crippen LogP) is 2.37. The van der Waals surface area contributed by atoms with Crippen LogP contribution in [0.5, 0.6) is 5.75 Å². The lowest BCUT2D eigenvalue weighted by Crippen LogP contribution is -2.20. The fourth-order valence-corrected chi connectivity index (χ4v) is 2.71. The molecule has 0 unspecified atom stereocenters. The Bertz CT molecular complexity index is 774. The number of benzene rings is 2. The molecule has 0 aliphatic carbocycles. The highest BCUT2D eigenvalue weighted by molar-refractivity contribution is 9.10. The molecule has 2 rings (SSSR count). The summed E-state index contributed by atoms with van der Waals surface area (Å²) in [5.41, 5.74) is 0.490. The summed E-state index contributed by atoms with van der Waals surface area (Å²) in [5.74, 6) is 0.246. The van der Waals surface area contributed by atoms with Crippen molar-refractivity contribution in [3.05, 3.63) is 53.0 Å². The van der Waals surface area contributed by atoms with Crippen LogP contribution in [-0.4, -0.2) is 28.0 Å². The van der Waals surface area contributed by atoms with E-state index in [2.05, 4.69) is 26.0 Å². The lowest BCUT2D eigenvalue weighted by Gasteiger charge is -2.08. The Labute approximate surface area is 143 Å². The summed E-state index contributed by atoms with van der Waals surface area (Å²) in [5, 5.41) is 2.63. The molecule has 0 atom stereocenters. The van der Waals surface area contributed by atoms with Crippen molar-refractivity contribution in [1.82, 2.24) is 4.72 Å². The number of nitrogens with one attached hydrogen (secondary N) is 2. The molecule has 0 aliphatic heterocycles. The smallest absolute Gasteiger partial charge is 0.262 e. The molecule has 0 saturated heterocycles. The van der Waals surface area contributed by atoms with E-state index in [-0.39, 0.29) is 17.4 Å². The van der Waals surface area contributed by atoms with Crippen LogP contribution in [0.1, 0.15) is 0 Å². The van der Waals surface area contributed by atoms with Crippen molar-refractivity contribution in [3.63, 3.8) is 0 Å². The van der Waals surface area contributed by atoms with Crippen LogP contribution in [0.25, 0.3) is 0 Å². The molecule has 8 heteroatoms. The number of ether oxygens (including phenoxy) is 1.